The molecule has 0 aliphatic carbocycles. The highest BCUT2D eigenvalue weighted by molar-refractivity contribution is 6.02. The van der Waals surface area contributed by atoms with Crippen molar-refractivity contribution < 1.29 is 0 Å². The topological polar surface area (TPSA) is 124 Å². The Morgan fingerprint density at radius 1 is 0.370 bits per heavy atom. The smallest absolute Gasteiger partial charge is 0.165 e. The van der Waals surface area contributed by atoms with Crippen LogP contribution in [0.15, 0.2) is 70.4 Å². The van der Waals surface area contributed by atoms with Gasteiger partial charge in [0.05, 0.1) is 68.9 Å². The molecule has 0 saturated carbocycles. The van der Waals surface area contributed by atoms with E-state index >= 15 is 0 Å². The van der Waals surface area contributed by atoms with Crippen LogP contribution in [0.4, 0.5) is 17.1 Å². The normalized spacial score (nSPS) is 21.6. The molecule has 7 heterocycles. The minimum atomic E-state index is -0.291. The molecule has 0 atom stereocenters. The van der Waals surface area contributed by atoms with Gasteiger partial charge in [-0.1, -0.05) is 0 Å². The predicted molar refractivity (Wildman–Crippen MR) is 221 cm³/mol. The molecular formula is C42H54N12. The van der Waals surface area contributed by atoms with Crippen molar-refractivity contribution in [3.63, 3.8) is 0 Å². The number of aliphatic imine (C=N–C) groups is 3. The van der Waals surface area contributed by atoms with Crippen molar-refractivity contribution in [1.29, 1.82) is 0 Å². The van der Waals surface area contributed by atoms with Gasteiger partial charge in [-0.2, -0.15) is 0 Å². The number of aromatic nitrogens is 6. The monoisotopic (exact) mass is 726 g/mol. The Bertz CT molecular complexity index is 2000. The van der Waals surface area contributed by atoms with Crippen LogP contribution < -0.4 is 14.7 Å². The zero-order valence-electron chi connectivity index (χ0n) is 34.6. The molecule has 0 spiro atoms. The van der Waals surface area contributed by atoms with Crippen LogP contribution in [0, 0.1) is 0 Å². The van der Waals surface area contributed by atoms with E-state index in [4.69, 9.17) is 44.9 Å². The largest absolute Gasteiger partial charge is 0.321 e. The Balaban J connectivity index is 1.38. The van der Waals surface area contributed by atoms with Crippen LogP contribution in [0.3, 0.4) is 0 Å². The number of anilines is 3. The van der Waals surface area contributed by atoms with E-state index in [1.54, 1.807) is 18.6 Å². The van der Waals surface area contributed by atoms with Crippen LogP contribution in [0.1, 0.15) is 104 Å². The molecule has 4 aromatic heterocycles. The van der Waals surface area contributed by atoms with Gasteiger partial charge in [0, 0.05) is 35.3 Å². The van der Waals surface area contributed by atoms with E-state index < -0.39 is 0 Å². The number of nitrogens with zero attached hydrogens (tertiary/aromatic N) is 12. The predicted octanol–water partition coefficient (Wildman–Crippen LogP) is 8.44. The molecule has 12 nitrogen and oxygen atoms in total. The minimum absolute atomic E-state index is 0.288. The van der Waals surface area contributed by atoms with Gasteiger partial charge in [-0.05, 0) is 122 Å². The van der Waals surface area contributed by atoms with E-state index in [1.165, 1.54) is 0 Å². The zero-order valence-corrected chi connectivity index (χ0v) is 34.6. The SMILES string of the molecule is CC1=NC(C)(C)C(C)(C)N1c1cncc(-c2nc(-c3cncc(N4C(C)=NC(C)(C)C4(C)C)c3)nc(-c3cncc(N4C(C)=NC(C)(C)C4(C)C)c3)n2)c1. The zero-order chi connectivity index (χ0) is 39.4. The Morgan fingerprint density at radius 2 is 0.611 bits per heavy atom. The fourth-order valence-corrected chi connectivity index (χ4v) is 8.12. The highest BCUT2D eigenvalue weighted by Gasteiger charge is 2.50. The van der Waals surface area contributed by atoms with E-state index in [0.717, 1.165) is 51.3 Å². The second kappa shape index (κ2) is 11.9. The third-order valence-corrected chi connectivity index (χ3v) is 12.8. The lowest BCUT2D eigenvalue weighted by Crippen LogP contribution is -2.53. The molecule has 0 unspecified atom stereocenters. The molecule has 0 amide bonds. The molecule has 4 aromatic rings. The summed E-state index contributed by atoms with van der Waals surface area (Å²) in [6.07, 6.45) is 11.0. The summed E-state index contributed by atoms with van der Waals surface area (Å²) in [6, 6.07) is 6.26. The highest BCUT2D eigenvalue weighted by atomic mass is 15.4. The molecule has 3 aliphatic rings. The summed E-state index contributed by atoms with van der Waals surface area (Å²) in [5.41, 5.74) is 3.30. The Morgan fingerprint density at radius 3 is 0.815 bits per heavy atom. The van der Waals surface area contributed by atoms with Crippen molar-refractivity contribution in [2.45, 2.75) is 137 Å². The van der Waals surface area contributed by atoms with Crippen molar-refractivity contribution in [1.82, 2.24) is 29.9 Å². The molecule has 0 aromatic carbocycles. The van der Waals surface area contributed by atoms with Gasteiger partial charge >= 0.3 is 0 Å². The average molecular weight is 727 g/mol. The van der Waals surface area contributed by atoms with E-state index in [-0.39, 0.29) is 33.2 Å². The summed E-state index contributed by atoms with van der Waals surface area (Å²) >= 11 is 0. The quantitative estimate of drug-likeness (QED) is 0.193. The summed E-state index contributed by atoms with van der Waals surface area (Å²) in [4.78, 5) is 51.2. The number of hydrogen-bond acceptors (Lipinski definition) is 12. The Hall–Kier alpha value is -5.13. The Labute approximate surface area is 320 Å². The summed E-state index contributed by atoms with van der Waals surface area (Å²) in [5.74, 6) is 4.28. The summed E-state index contributed by atoms with van der Waals surface area (Å²) in [6.45, 7) is 32.4. The maximum atomic E-state index is 5.11. The van der Waals surface area contributed by atoms with Gasteiger partial charge in [-0.15, -0.1) is 0 Å². The van der Waals surface area contributed by atoms with E-state index in [2.05, 4.69) is 116 Å². The van der Waals surface area contributed by atoms with Crippen molar-refractivity contribution >= 4 is 34.6 Å². The van der Waals surface area contributed by atoms with Crippen molar-refractivity contribution in [3.8, 4) is 34.2 Å². The van der Waals surface area contributed by atoms with Crippen LogP contribution in [-0.4, -0.2) is 80.6 Å². The molecule has 0 fully saturated rings. The number of hydrogen-bond donors (Lipinski definition) is 0. The van der Waals surface area contributed by atoms with Gasteiger partial charge in [0.15, 0.2) is 17.5 Å². The fraction of sp³-hybridized carbons (Fsp3) is 0.500. The summed E-state index contributed by atoms with van der Waals surface area (Å²) in [5, 5.41) is 0. The van der Waals surface area contributed by atoms with Crippen LogP contribution in [0.25, 0.3) is 34.2 Å². The first kappa shape index (κ1) is 37.2. The maximum Gasteiger partial charge on any atom is 0.165 e. The lowest BCUT2D eigenvalue weighted by atomic mass is 9.83. The minimum Gasteiger partial charge on any atom is -0.321 e. The van der Waals surface area contributed by atoms with Gasteiger partial charge in [-0.25, -0.2) is 15.0 Å². The van der Waals surface area contributed by atoms with Crippen LogP contribution in [-0.2, 0) is 0 Å². The summed E-state index contributed by atoms with van der Waals surface area (Å²) < 4.78 is 0. The van der Waals surface area contributed by atoms with E-state index in [9.17, 15) is 0 Å². The number of amidine groups is 3. The second-order valence-corrected chi connectivity index (χ2v) is 17.9. The number of pyridine rings is 3. The standard InChI is InChI=1S/C42H54N12/c1-25-49-37(4,5)40(10,11)52(25)31-16-28(19-43-22-31)34-46-35(29-17-32(23-44-20-29)53-26(2)50-38(6,7)41(53,12)13)48-36(47-34)30-18-33(24-45-21-30)54-27(3)51-39(8,9)42(54,14)15/h16-24H,1-15H3. The van der Waals surface area contributed by atoms with Crippen molar-refractivity contribution in [2.24, 2.45) is 15.0 Å². The molecule has 0 bridgehead atoms. The molecular weight excluding hydrogens is 673 g/mol. The summed E-state index contributed by atoms with van der Waals surface area (Å²) in [7, 11) is 0. The lowest BCUT2D eigenvalue weighted by Gasteiger charge is -2.41. The molecule has 12 heteroatoms. The lowest BCUT2D eigenvalue weighted by molar-refractivity contribution is 0.338. The van der Waals surface area contributed by atoms with Gasteiger partial charge in [-0.3, -0.25) is 29.9 Å². The first-order valence-electron chi connectivity index (χ1n) is 18.7. The average Bonchev–Trinajstić information content (AvgIpc) is 3.44. The second-order valence-electron chi connectivity index (χ2n) is 17.9. The van der Waals surface area contributed by atoms with Crippen LogP contribution in [0.2, 0.25) is 0 Å². The molecule has 54 heavy (non-hydrogen) atoms. The van der Waals surface area contributed by atoms with Gasteiger partial charge in [0.25, 0.3) is 0 Å². The van der Waals surface area contributed by atoms with E-state index in [1.807, 2.05) is 39.4 Å². The molecule has 0 N–H and O–H groups in total. The molecule has 0 radical (unpaired) electrons. The first-order valence-corrected chi connectivity index (χ1v) is 18.7. The van der Waals surface area contributed by atoms with Crippen LogP contribution in [0.5, 0.6) is 0 Å². The van der Waals surface area contributed by atoms with Gasteiger partial charge in [0.2, 0.25) is 0 Å². The van der Waals surface area contributed by atoms with Crippen LogP contribution >= 0.6 is 0 Å². The molecule has 3 aliphatic heterocycles. The maximum absolute atomic E-state index is 5.11. The highest BCUT2D eigenvalue weighted by Crippen LogP contribution is 2.44. The molecule has 7 rings (SSSR count). The Kier molecular flexibility index (Phi) is 8.22. The first-order chi connectivity index (χ1) is 25.0. The number of rotatable bonds is 6. The third kappa shape index (κ3) is 5.59. The van der Waals surface area contributed by atoms with Gasteiger partial charge < -0.3 is 14.7 Å². The fourth-order valence-electron chi connectivity index (χ4n) is 8.12. The third-order valence-electron chi connectivity index (χ3n) is 12.8. The van der Waals surface area contributed by atoms with Gasteiger partial charge in [0.1, 0.15) is 17.5 Å². The molecule has 282 valence electrons. The van der Waals surface area contributed by atoms with Crippen molar-refractivity contribution in [2.75, 3.05) is 14.7 Å². The molecule has 0 saturated heterocycles. The van der Waals surface area contributed by atoms with E-state index in [0.29, 0.717) is 17.5 Å². The van der Waals surface area contributed by atoms with Crippen molar-refractivity contribution in [3.05, 3.63) is 55.4 Å².